The van der Waals surface area contributed by atoms with Crippen LogP contribution in [0.1, 0.15) is 11.8 Å². The minimum atomic E-state index is 0.0328. The number of rotatable bonds is 5. The predicted molar refractivity (Wildman–Crippen MR) is 68.2 cm³/mol. The van der Waals surface area contributed by atoms with Crippen LogP contribution in [0, 0.1) is 5.92 Å². The quantitative estimate of drug-likeness (QED) is 0.370. The number of hydrogen-bond acceptors (Lipinski definition) is 4. The highest BCUT2D eigenvalue weighted by Crippen LogP contribution is 2.22. The predicted octanol–water partition coefficient (Wildman–Crippen LogP) is 2.22. The molecule has 90 valence electrons. The molecule has 1 atom stereocenters. The van der Waals surface area contributed by atoms with Gasteiger partial charge in [-0.1, -0.05) is 23.7 Å². The van der Waals surface area contributed by atoms with Gasteiger partial charge in [0.1, 0.15) is 5.84 Å². The first-order chi connectivity index (χ1) is 7.52. The summed E-state index contributed by atoms with van der Waals surface area (Å²) in [6.45, 7) is 3.48. The van der Waals surface area contributed by atoms with E-state index in [-0.39, 0.29) is 11.8 Å². The van der Waals surface area contributed by atoms with E-state index in [1.807, 2.05) is 26.1 Å². The Balaban J connectivity index is 2.44. The van der Waals surface area contributed by atoms with Gasteiger partial charge in [0.05, 0.1) is 4.34 Å². The fourth-order valence-electron chi connectivity index (χ4n) is 1.43. The van der Waals surface area contributed by atoms with E-state index in [9.17, 15) is 0 Å². The molecular weight excluding hydrogens is 246 g/mol. The fourth-order valence-corrected chi connectivity index (χ4v) is 2.59. The first-order valence-electron chi connectivity index (χ1n) is 4.93. The van der Waals surface area contributed by atoms with Crippen LogP contribution in [0.5, 0.6) is 0 Å². The third kappa shape index (κ3) is 4.00. The zero-order chi connectivity index (χ0) is 12.1. The number of nitrogens with zero attached hydrogens (tertiary/aromatic N) is 2. The summed E-state index contributed by atoms with van der Waals surface area (Å²) < 4.78 is 0.799. The first-order valence-corrected chi connectivity index (χ1v) is 6.12. The lowest BCUT2D eigenvalue weighted by molar-refractivity contribution is 0.292. The highest BCUT2D eigenvalue weighted by molar-refractivity contribution is 7.16. The summed E-state index contributed by atoms with van der Waals surface area (Å²) in [5, 5.41) is 11.5. The van der Waals surface area contributed by atoms with Crippen molar-refractivity contribution in [3.8, 4) is 0 Å². The van der Waals surface area contributed by atoms with Gasteiger partial charge < -0.3 is 15.8 Å². The van der Waals surface area contributed by atoms with E-state index in [4.69, 9.17) is 22.5 Å². The van der Waals surface area contributed by atoms with Crippen LogP contribution in [-0.4, -0.2) is 29.5 Å². The van der Waals surface area contributed by atoms with E-state index in [1.54, 1.807) is 11.3 Å². The Labute approximate surface area is 104 Å². The molecular formula is C10H16ClN3OS. The monoisotopic (exact) mass is 261 g/mol. The molecule has 1 aromatic rings. The molecule has 1 aromatic heterocycles. The van der Waals surface area contributed by atoms with Crippen molar-refractivity contribution in [3.63, 3.8) is 0 Å². The fraction of sp³-hybridized carbons (Fsp3) is 0.500. The average Bonchev–Trinajstić information content (AvgIpc) is 2.62. The second kappa shape index (κ2) is 6.08. The number of nitrogens with two attached hydrogens (primary N) is 1. The Hall–Kier alpha value is -0.780. The van der Waals surface area contributed by atoms with Gasteiger partial charge in [0.15, 0.2) is 0 Å². The minimum absolute atomic E-state index is 0.0328. The molecule has 0 aliphatic rings. The van der Waals surface area contributed by atoms with E-state index in [2.05, 4.69) is 10.1 Å². The lowest BCUT2D eigenvalue weighted by Gasteiger charge is -2.19. The van der Waals surface area contributed by atoms with Gasteiger partial charge in [-0.15, -0.1) is 11.3 Å². The average molecular weight is 262 g/mol. The van der Waals surface area contributed by atoms with Crippen molar-refractivity contribution >= 4 is 28.8 Å². The normalized spacial score (nSPS) is 14.4. The van der Waals surface area contributed by atoms with Crippen LogP contribution < -0.4 is 5.73 Å². The van der Waals surface area contributed by atoms with Gasteiger partial charge in [-0.3, -0.25) is 0 Å². The molecule has 0 aliphatic carbocycles. The van der Waals surface area contributed by atoms with E-state index >= 15 is 0 Å². The third-order valence-electron chi connectivity index (χ3n) is 2.26. The SMILES string of the molecule is CC(CN(C)Cc1ccc(Cl)s1)/C(N)=N/O. The van der Waals surface area contributed by atoms with Crippen LogP contribution in [0.3, 0.4) is 0 Å². The Morgan fingerprint density at radius 3 is 2.88 bits per heavy atom. The molecule has 3 N–H and O–H groups in total. The zero-order valence-electron chi connectivity index (χ0n) is 9.35. The van der Waals surface area contributed by atoms with Gasteiger partial charge in [0.2, 0.25) is 0 Å². The van der Waals surface area contributed by atoms with E-state index in [0.29, 0.717) is 0 Å². The second-order valence-corrected chi connectivity index (χ2v) is 5.63. The Morgan fingerprint density at radius 1 is 1.69 bits per heavy atom. The number of amidine groups is 1. The summed E-state index contributed by atoms with van der Waals surface area (Å²) in [7, 11) is 1.99. The number of halogens is 1. The van der Waals surface area contributed by atoms with Crippen molar-refractivity contribution in [2.45, 2.75) is 13.5 Å². The summed E-state index contributed by atoms with van der Waals surface area (Å²) in [5.74, 6) is 0.293. The molecule has 1 rings (SSSR count). The Kier molecular flexibility index (Phi) is 5.05. The standard InChI is InChI=1S/C10H16ClN3OS/c1-7(10(12)13-15)5-14(2)6-8-3-4-9(11)16-8/h3-4,7,15H,5-6H2,1-2H3,(H2,12,13). The van der Waals surface area contributed by atoms with Crippen LogP contribution in [0.15, 0.2) is 17.3 Å². The third-order valence-corrected chi connectivity index (χ3v) is 3.48. The molecule has 1 unspecified atom stereocenters. The number of hydrogen-bond donors (Lipinski definition) is 2. The summed E-state index contributed by atoms with van der Waals surface area (Å²) in [4.78, 5) is 3.32. The van der Waals surface area contributed by atoms with Crippen molar-refractivity contribution in [1.82, 2.24) is 4.90 Å². The topological polar surface area (TPSA) is 61.8 Å². The van der Waals surface area contributed by atoms with Crippen molar-refractivity contribution in [2.24, 2.45) is 16.8 Å². The lowest BCUT2D eigenvalue weighted by atomic mass is 10.1. The summed E-state index contributed by atoms with van der Waals surface area (Å²) >= 11 is 7.42. The molecule has 0 radical (unpaired) electrons. The van der Waals surface area contributed by atoms with Crippen LogP contribution >= 0.6 is 22.9 Å². The van der Waals surface area contributed by atoms with E-state index < -0.39 is 0 Å². The maximum Gasteiger partial charge on any atom is 0.143 e. The molecule has 0 saturated carbocycles. The first kappa shape index (κ1) is 13.3. The molecule has 1 heterocycles. The highest BCUT2D eigenvalue weighted by atomic mass is 35.5. The van der Waals surface area contributed by atoms with Crippen molar-refractivity contribution in [2.75, 3.05) is 13.6 Å². The van der Waals surface area contributed by atoms with Gasteiger partial charge in [0, 0.05) is 23.9 Å². The smallest absolute Gasteiger partial charge is 0.143 e. The molecule has 0 amide bonds. The van der Waals surface area contributed by atoms with Gasteiger partial charge >= 0.3 is 0 Å². The Bertz CT molecular complexity index is 367. The molecule has 0 spiro atoms. The maximum absolute atomic E-state index is 8.54. The van der Waals surface area contributed by atoms with Gasteiger partial charge in [-0.05, 0) is 19.2 Å². The largest absolute Gasteiger partial charge is 0.409 e. The van der Waals surface area contributed by atoms with Crippen LogP contribution in [0.4, 0.5) is 0 Å². The molecule has 0 bridgehead atoms. The van der Waals surface area contributed by atoms with Gasteiger partial charge in [0.25, 0.3) is 0 Å². The second-order valence-electron chi connectivity index (χ2n) is 3.83. The maximum atomic E-state index is 8.54. The van der Waals surface area contributed by atoms with Crippen molar-refractivity contribution in [1.29, 1.82) is 0 Å². The Morgan fingerprint density at radius 2 is 2.38 bits per heavy atom. The number of thiophene rings is 1. The number of oxime groups is 1. The van der Waals surface area contributed by atoms with Crippen LogP contribution in [-0.2, 0) is 6.54 Å². The molecule has 0 fully saturated rings. The van der Waals surface area contributed by atoms with Gasteiger partial charge in [-0.2, -0.15) is 0 Å². The van der Waals surface area contributed by atoms with Crippen molar-refractivity contribution < 1.29 is 5.21 Å². The molecule has 0 aliphatic heterocycles. The molecule has 6 heteroatoms. The molecule has 4 nitrogen and oxygen atoms in total. The van der Waals surface area contributed by atoms with E-state index in [0.717, 1.165) is 17.4 Å². The van der Waals surface area contributed by atoms with E-state index in [1.165, 1.54) is 4.88 Å². The molecule has 0 aromatic carbocycles. The molecule has 0 saturated heterocycles. The zero-order valence-corrected chi connectivity index (χ0v) is 10.9. The van der Waals surface area contributed by atoms with Crippen molar-refractivity contribution in [3.05, 3.63) is 21.3 Å². The summed E-state index contributed by atoms with van der Waals surface area (Å²) in [6, 6.07) is 3.90. The van der Waals surface area contributed by atoms with Crippen LogP contribution in [0.25, 0.3) is 0 Å². The molecule has 16 heavy (non-hydrogen) atoms. The van der Waals surface area contributed by atoms with Crippen LogP contribution in [0.2, 0.25) is 4.34 Å². The summed E-state index contributed by atoms with van der Waals surface area (Å²) in [6.07, 6.45) is 0. The lowest BCUT2D eigenvalue weighted by Crippen LogP contribution is -2.32. The minimum Gasteiger partial charge on any atom is -0.409 e. The highest BCUT2D eigenvalue weighted by Gasteiger charge is 2.11. The van der Waals surface area contributed by atoms with Gasteiger partial charge in [-0.25, -0.2) is 0 Å². The summed E-state index contributed by atoms with van der Waals surface area (Å²) in [5.41, 5.74) is 5.52.